The van der Waals surface area contributed by atoms with Crippen molar-refractivity contribution in [3.8, 4) is 17.2 Å². The van der Waals surface area contributed by atoms with Crippen molar-refractivity contribution in [2.24, 2.45) is 11.8 Å². The Morgan fingerprint density at radius 1 is 1.21 bits per heavy atom. The van der Waals surface area contributed by atoms with E-state index < -0.39 is 11.7 Å². The highest BCUT2D eigenvalue weighted by atomic mass is 16.6. The largest absolute Gasteiger partial charge is 0.444 e. The molecule has 1 aliphatic rings. The van der Waals surface area contributed by atoms with Gasteiger partial charge in [-0.1, -0.05) is 6.92 Å². The molecule has 174 valence electrons. The summed E-state index contributed by atoms with van der Waals surface area (Å²) in [6.07, 6.45) is 4.28. The number of rotatable bonds is 5. The van der Waals surface area contributed by atoms with Gasteiger partial charge in [-0.2, -0.15) is 5.26 Å². The van der Waals surface area contributed by atoms with Crippen molar-refractivity contribution in [2.75, 3.05) is 10.6 Å². The van der Waals surface area contributed by atoms with E-state index in [1.807, 2.05) is 18.2 Å². The van der Waals surface area contributed by atoms with Crippen LogP contribution < -0.4 is 10.6 Å². The summed E-state index contributed by atoms with van der Waals surface area (Å²) in [4.78, 5) is 29.2. The van der Waals surface area contributed by atoms with Crippen LogP contribution in [0.1, 0.15) is 39.7 Å². The highest BCUT2D eigenvalue weighted by Gasteiger charge is 2.43. The lowest BCUT2D eigenvalue weighted by atomic mass is 9.98. The topological polar surface area (TPSA) is 130 Å². The number of amides is 2. The van der Waals surface area contributed by atoms with E-state index in [1.54, 1.807) is 39.2 Å². The molecule has 2 heterocycles. The molecule has 1 aromatic carbocycles. The number of hydrogen-bond acceptors (Lipinski definition) is 7. The van der Waals surface area contributed by atoms with Crippen LogP contribution in [0.2, 0.25) is 0 Å². The van der Waals surface area contributed by atoms with E-state index >= 15 is 0 Å². The molecule has 9 nitrogen and oxygen atoms in total. The summed E-state index contributed by atoms with van der Waals surface area (Å²) in [6.45, 7) is 7.42. The number of aromatic nitrogens is 3. The molecule has 0 unspecified atom stereocenters. The second-order valence-electron chi connectivity index (χ2n) is 9.27. The second kappa shape index (κ2) is 9.06. The van der Waals surface area contributed by atoms with Crippen LogP contribution in [0.3, 0.4) is 0 Å². The van der Waals surface area contributed by atoms with Crippen LogP contribution in [0.5, 0.6) is 0 Å². The summed E-state index contributed by atoms with van der Waals surface area (Å²) in [7, 11) is 0. The molecule has 0 aliphatic heterocycles. The van der Waals surface area contributed by atoms with E-state index in [2.05, 4.69) is 38.8 Å². The number of carbonyl (C=O) groups excluding carboxylic acids is 2. The summed E-state index contributed by atoms with van der Waals surface area (Å²) < 4.78 is 5.42. The third-order valence-electron chi connectivity index (χ3n) is 5.47. The molecule has 4 rings (SSSR count). The molecular weight excluding hydrogens is 432 g/mol. The summed E-state index contributed by atoms with van der Waals surface area (Å²) in [5, 5.41) is 23.6. The summed E-state index contributed by atoms with van der Waals surface area (Å²) >= 11 is 0. The third kappa shape index (κ3) is 5.12. The fraction of sp³-hybridized carbons (Fsp3) is 0.360. The first-order valence-corrected chi connectivity index (χ1v) is 11.1. The average Bonchev–Trinajstić information content (AvgIpc) is 3.57. The molecule has 1 saturated carbocycles. The van der Waals surface area contributed by atoms with E-state index in [0.29, 0.717) is 23.0 Å². The lowest BCUT2D eigenvalue weighted by Crippen LogP contribution is -2.27. The van der Waals surface area contributed by atoms with Crippen molar-refractivity contribution >= 4 is 34.4 Å². The maximum absolute atomic E-state index is 12.5. The van der Waals surface area contributed by atoms with Crippen molar-refractivity contribution in [1.29, 1.82) is 5.26 Å². The predicted molar refractivity (Wildman–Crippen MR) is 128 cm³/mol. The maximum atomic E-state index is 12.5. The molecule has 3 aromatic rings. The van der Waals surface area contributed by atoms with Crippen molar-refractivity contribution < 1.29 is 14.3 Å². The Morgan fingerprint density at radius 2 is 2.00 bits per heavy atom. The predicted octanol–water partition coefficient (Wildman–Crippen LogP) is 4.70. The molecule has 34 heavy (non-hydrogen) atoms. The van der Waals surface area contributed by atoms with Crippen LogP contribution in [-0.4, -0.2) is 32.8 Å². The standard InChI is InChI=1S/C25H26N6O3/c1-5-14-6-7-27-13-19(14)15-8-16-11-21(29-23(32)18-9-17(18)12-26)30-31-22(16)20(10-15)28-24(33)34-25(2,3)4/h6-8,10-11,13,17-18H,5,9H2,1-4H3,(H,28,33)(H,29,30,32)/t17-,18+/m0/s1. The zero-order valence-electron chi connectivity index (χ0n) is 19.5. The number of nitrogens with zero attached hydrogens (tertiary/aromatic N) is 4. The van der Waals surface area contributed by atoms with Gasteiger partial charge in [0.1, 0.15) is 11.1 Å². The monoisotopic (exact) mass is 458 g/mol. The van der Waals surface area contributed by atoms with Gasteiger partial charge in [0.2, 0.25) is 5.91 Å². The lowest BCUT2D eigenvalue weighted by Gasteiger charge is -2.20. The van der Waals surface area contributed by atoms with Gasteiger partial charge in [0, 0.05) is 23.3 Å². The average molecular weight is 459 g/mol. The first kappa shape index (κ1) is 23.1. The number of ether oxygens (including phenoxy) is 1. The molecule has 1 aliphatic carbocycles. The van der Waals surface area contributed by atoms with Gasteiger partial charge in [-0.05, 0) is 69.0 Å². The molecule has 0 bridgehead atoms. The Kier molecular flexibility index (Phi) is 6.16. The van der Waals surface area contributed by atoms with Crippen molar-refractivity contribution in [3.63, 3.8) is 0 Å². The van der Waals surface area contributed by atoms with Crippen LogP contribution >= 0.6 is 0 Å². The van der Waals surface area contributed by atoms with Gasteiger partial charge < -0.3 is 10.1 Å². The number of hydrogen-bond donors (Lipinski definition) is 2. The molecule has 0 saturated heterocycles. The van der Waals surface area contributed by atoms with E-state index in [9.17, 15) is 9.59 Å². The number of nitrogens with one attached hydrogen (secondary N) is 2. The second-order valence-corrected chi connectivity index (χ2v) is 9.27. The van der Waals surface area contributed by atoms with E-state index in [-0.39, 0.29) is 23.6 Å². The van der Waals surface area contributed by atoms with Crippen molar-refractivity contribution in [1.82, 2.24) is 15.2 Å². The summed E-state index contributed by atoms with van der Waals surface area (Å²) in [6, 6.07) is 9.51. The quantitative estimate of drug-likeness (QED) is 0.567. The number of pyridine rings is 1. The minimum atomic E-state index is -0.663. The highest BCUT2D eigenvalue weighted by Crippen LogP contribution is 2.38. The number of carbonyl (C=O) groups is 2. The van der Waals surface area contributed by atoms with Crippen LogP contribution in [0, 0.1) is 23.2 Å². The third-order valence-corrected chi connectivity index (χ3v) is 5.47. The molecule has 9 heteroatoms. The maximum Gasteiger partial charge on any atom is 0.412 e. The molecule has 2 amide bonds. The number of nitriles is 1. The van der Waals surface area contributed by atoms with Gasteiger partial charge in [-0.25, -0.2) is 4.79 Å². The summed E-state index contributed by atoms with van der Waals surface area (Å²) in [5.74, 6) is -0.532. The first-order chi connectivity index (χ1) is 16.2. The Hall–Kier alpha value is -4.06. The van der Waals surface area contributed by atoms with Gasteiger partial charge in [0.15, 0.2) is 5.82 Å². The van der Waals surface area contributed by atoms with Gasteiger partial charge in [0.05, 0.1) is 23.6 Å². The van der Waals surface area contributed by atoms with Gasteiger partial charge in [0.25, 0.3) is 0 Å². The number of benzene rings is 1. The van der Waals surface area contributed by atoms with Gasteiger partial charge in [-0.15, -0.1) is 10.2 Å². The van der Waals surface area contributed by atoms with E-state index in [0.717, 1.165) is 23.1 Å². The molecule has 2 N–H and O–H groups in total. The van der Waals surface area contributed by atoms with Crippen LogP contribution in [0.4, 0.5) is 16.3 Å². The Bertz CT molecular complexity index is 1310. The minimum Gasteiger partial charge on any atom is -0.444 e. The molecule has 2 aromatic heterocycles. The molecule has 0 spiro atoms. The lowest BCUT2D eigenvalue weighted by molar-refractivity contribution is -0.117. The van der Waals surface area contributed by atoms with Crippen LogP contribution in [0.25, 0.3) is 22.0 Å². The SMILES string of the molecule is CCc1ccncc1-c1cc(NC(=O)OC(C)(C)C)c2nnc(NC(=O)[C@@H]3C[C@H]3C#N)cc2c1. The van der Waals surface area contributed by atoms with Gasteiger partial charge >= 0.3 is 6.09 Å². The molecule has 1 fully saturated rings. The molecular formula is C25H26N6O3. The first-order valence-electron chi connectivity index (χ1n) is 11.1. The number of fused-ring (bicyclic) bond motifs is 1. The zero-order valence-corrected chi connectivity index (χ0v) is 19.5. The van der Waals surface area contributed by atoms with Crippen LogP contribution in [0.15, 0.2) is 36.7 Å². The smallest absolute Gasteiger partial charge is 0.412 e. The zero-order chi connectivity index (χ0) is 24.5. The molecule has 0 radical (unpaired) electrons. The normalized spacial score (nSPS) is 17.0. The van der Waals surface area contributed by atoms with Crippen molar-refractivity contribution in [3.05, 3.63) is 42.2 Å². The fourth-order valence-electron chi connectivity index (χ4n) is 3.72. The Labute approximate surface area is 197 Å². The Morgan fingerprint density at radius 3 is 2.68 bits per heavy atom. The van der Waals surface area contributed by atoms with Crippen LogP contribution in [-0.2, 0) is 16.0 Å². The number of anilines is 2. The highest BCUT2D eigenvalue weighted by molar-refractivity contribution is 6.02. The van der Waals surface area contributed by atoms with E-state index in [4.69, 9.17) is 10.00 Å². The summed E-state index contributed by atoms with van der Waals surface area (Å²) in [5.41, 5.74) is 3.09. The fourth-order valence-corrected chi connectivity index (χ4v) is 3.72. The Balaban J connectivity index is 1.74. The minimum absolute atomic E-state index is 0.246. The molecule has 2 atom stereocenters. The van der Waals surface area contributed by atoms with Gasteiger partial charge in [-0.3, -0.25) is 15.1 Å². The van der Waals surface area contributed by atoms with Crippen molar-refractivity contribution in [2.45, 2.75) is 46.1 Å². The number of aryl methyl sites for hydroxylation is 1. The van der Waals surface area contributed by atoms with E-state index in [1.165, 1.54) is 0 Å².